The Morgan fingerprint density at radius 1 is 1.21 bits per heavy atom. The van der Waals surface area contributed by atoms with E-state index < -0.39 is 6.10 Å². The first-order valence-electron chi connectivity index (χ1n) is 8.16. The van der Waals surface area contributed by atoms with Crippen LogP contribution in [0.2, 0.25) is 0 Å². The SMILES string of the molecule is CC(CC(O)c1ccco1)NC(=O)NC(c1ccccn1)C(C)C. The normalized spacial score (nSPS) is 14.9. The van der Waals surface area contributed by atoms with E-state index in [1.165, 1.54) is 6.26 Å². The first-order chi connectivity index (χ1) is 11.5. The summed E-state index contributed by atoms with van der Waals surface area (Å²) in [4.78, 5) is 16.6. The number of aliphatic hydroxyl groups excluding tert-OH is 1. The highest BCUT2D eigenvalue weighted by Gasteiger charge is 2.21. The van der Waals surface area contributed by atoms with Crippen LogP contribution >= 0.6 is 0 Å². The minimum Gasteiger partial charge on any atom is -0.467 e. The van der Waals surface area contributed by atoms with Crippen molar-refractivity contribution >= 4 is 6.03 Å². The van der Waals surface area contributed by atoms with Crippen molar-refractivity contribution in [1.29, 1.82) is 0 Å². The number of hydrogen-bond donors (Lipinski definition) is 3. The van der Waals surface area contributed by atoms with Crippen molar-refractivity contribution in [2.75, 3.05) is 0 Å². The van der Waals surface area contributed by atoms with Crippen molar-refractivity contribution in [3.8, 4) is 0 Å². The molecule has 24 heavy (non-hydrogen) atoms. The van der Waals surface area contributed by atoms with Gasteiger partial charge in [-0.1, -0.05) is 19.9 Å². The molecule has 2 aromatic heterocycles. The van der Waals surface area contributed by atoms with Crippen LogP contribution in [0.25, 0.3) is 0 Å². The number of furan rings is 1. The summed E-state index contributed by atoms with van der Waals surface area (Å²) in [5.41, 5.74) is 0.825. The summed E-state index contributed by atoms with van der Waals surface area (Å²) < 4.78 is 5.17. The van der Waals surface area contributed by atoms with Gasteiger partial charge in [0.25, 0.3) is 0 Å². The summed E-state index contributed by atoms with van der Waals surface area (Å²) >= 11 is 0. The second kappa shape index (κ2) is 8.49. The van der Waals surface area contributed by atoms with Gasteiger partial charge < -0.3 is 20.2 Å². The minimum absolute atomic E-state index is 0.173. The molecule has 130 valence electrons. The van der Waals surface area contributed by atoms with Gasteiger partial charge in [-0.15, -0.1) is 0 Å². The van der Waals surface area contributed by atoms with Crippen LogP contribution in [0, 0.1) is 5.92 Å². The van der Waals surface area contributed by atoms with Crippen LogP contribution in [0.4, 0.5) is 4.79 Å². The Morgan fingerprint density at radius 2 is 2.00 bits per heavy atom. The number of rotatable bonds is 7. The van der Waals surface area contributed by atoms with E-state index in [0.717, 1.165) is 5.69 Å². The van der Waals surface area contributed by atoms with Crippen molar-refractivity contribution in [2.24, 2.45) is 5.92 Å². The zero-order chi connectivity index (χ0) is 17.5. The Labute approximate surface area is 142 Å². The Hall–Kier alpha value is -2.34. The number of pyridine rings is 1. The number of aromatic nitrogens is 1. The summed E-state index contributed by atoms with van der Waals surface area (Å²) in [6, 6.07) is 8.43. The standard InChI is InChI=1S/C18H25N3O3/c1-12(2)17(14-7-4-5-9-19-14)21-18(23)20-13(3)11-15(22)16-8-6-10-24-16/h4-10,12-13,15,17,22H,11H2,1-3H3,(H2,20,21,23). The quantitative estimate of drug-likeness (QED) is 0.727. The zero-order valence-electron chi connectivity index (χ0n) is 14.3. The fourth-order valence-corrected chi connectivity index (χ4v) is 2.54. The molecule has 3 unspecified atom stereocenters. The van der Waals surface area contributed by atoms with Gasteiger partial charge in [0.2, 0.25) is 0 Å². The number of aliphatic hydroxyl groups is 1. The third kappa shape index (κ3) is 5.09. The predicted molar refractivity (Wildman–Crippen MR) is 91.2 cm³/mol. The lowest BCUT2D eigenvalue weighted by Crippen LogP contribution is -2.44. The molecule has 3 N–H and O–H groups in total. The van der Waals surface area contributed by atoms with Gasteiger partial charge in [0.05, 0.1) is 18.0 Å². The number of carbonyl (C=O) groups is 1. The molecule has 0 fully saturated rings. The summed E-state index contributed by atoms with van der Waals surface area (Å²) in [5.74, 6) is 0.701. The van der Waals surface area contributed by atoms with Gasteiger partial charge in [0.15, 0.2) is 0 Å². The summed E-state index contributed by atoms with van der Waals surface area (Å²) in [5, 5.41) is 15.9. The van der Waals surface area contributed by atoms with Crippen LogP contribution in [0.1, 0.15) is 50.8 Å². The van der Waals surface area contributed by atoms with Crippen LogP contribution in [0.5, 0.6) is 0 Å². The van der Waals surface area contributed by atoms with Gasteiger partial charge in [0, 0.05) is 18.7 Å². The van der Waals surface area contributed by atoms with Crippen LogP contribution in [-0.4, -0.2) is 22.2 Å². The zero-order valence-corrected chi connectivity index (χ0v) is 14.3. The van der Waals surface area contributed by atoms with E-state index in [1.807, 2.05) is 39.0 Å². The number of nitrogens with one attached hydrogen (secondary N) is 2. The number of nitrogens with zero attached hydrogens (tertiary/aromatic N) is 1. The Kier molecular flexibility index (Phi) is 6.37. The van der Waals surface area contributed by atoms with Crippen LogP contribution in [0.15, 0.2) is 47.2 Å². The Morgan fingerprint density at radius 3 is 2.58 bits per heavy atom. The van der Waals surface area contributed by atoms with Gasteiger partial charge in [-0.2, -0.15) is 0 Å². The monoisotopic (exact) mass is 331 g/mol. The third-order valence-corrected chi connectivity index (χ3v) is 3.79. The Bertz CT molecular complexity index is 614. The van der Waals surface area contributed by atoms with E-state index in [-0.39, 0.29) is 24.0 Å². The van der Waals surface area contributed by atoms with Crippen LogP contribution in [-0.2, 0) is 0 Å². The van der Waals surface area contributed by atoms with E-state index in [2.05, 4.69) is 15.6 Å². The van der Waals surface area contributed by atoms with Crippen molar-refractivity contribution in [2.45, 2.75) is 45.4 Å². The van der Waals surface area contributed by atoms with Gasteiger partial charge in [-0.3, -0.25) is 4.98 Å². The molecule has 0 aliphatic carbocycles. The van der Waals surface area contributed by atoms with E-state index in [1.54, 1.807) is 18.3 Å². The molecule has 0 spiro atoms. The van der Waals surface area contributed by atoms with E-state index in [0.29, 0.717) is 12.2 Å². The van der Waals surface area contributed by atoms with Crippen LogP contribution < -0.4 is 10.6 Å². The highest BCUT2D eigenvalue weighted by molar-refractivity contribution is 5.74. The van der Waals surface area contributed by atoms with Crippen molar-refractivity contribution < 1.29 is 14.3 Å². The lowest BCUT2D eigenvalue weighted by atomic mass is 10.0. The maximum atomic E-state index is 12.3. The molecular weight excluding hydrogens is 306 g/mol. The summed E-state index contributed by atoms with van der Waals surface area (Å²) in [6.45, 7) is 5.91. The minimum atomic E-state index is -0.744. The number of urea groups is 1. The highest BCUT2D eigenvalue weighted by atomic mass is 16.4. The average Bonchev–Trinajstić information content (AvgIpc) is 3.07. The van der Waals surface area contributed by atoms with Crippen molar-refractivity contribution in [1.82, 2.24) is 15.6 Å². The van der Waals surface area contributed by atoms with E-state index >= 15 is 0 Å². The van der Waals surface area contributed by atoms with Gasteiger partial charge in [-0.05, 0) is 37.1 Å². The molecule has 2 amide bonds. The lowest BCUT2D eigenvalue weighted by Gasteiger charge is -2.24. The molecule has 6 nitrogen and oxygen atoms in total. The molecular formula is C18H25N3O3. The van der Waals surface area contributed by atoms with Crippen molar-refractivity contribution in [3.63, 3.8) is 0 Å². The fourth-order valence-electron chi connectivity index (χ4n) is 2.54. The second-order valence-electron chi connectivity index (χ2n) is 6.26. The molecule has 2 aromatic rings. The highest BCUT2D eigenvalue weighted by Crippen LogP contribution is 2.20. The molecule has 2 heterocycles. The molecule has 0 saturated carbocycles. The largest absolute Gasteiger partial charge is 0.467 e. The van der Waals surface area contributed by atoms with Crippen molar-refractivity contribution in [3.05, 3.63) is 54.2 Å². The average molecular weight is 331 g/mol. The topological polar surface area (TPSA) is 87.4 Å². The molecule has 0 aliphatic heterocycles. The molecule has 0 radical (unpaired) electrons. The maximum absolute atomic E-state index is 12.3. The molecule has 3 atom stereocenters. The third-order valence-electron chi connectivity index (χ3n) is 3.79. The molecule has 0 aromatic carbocycles. The van der Waals surface area contributed by atoms with E-state index in [9.17, 15) is 9.90 Å². The predicted octanol–water partition coefficient (Wildman–Crippen LogP) is 3.18. The van der Waals surface area contributed by atoms with Gasteiger partial charge >= 0.3 is 6.03 Å². The molecule has 6 heteroatoms. The number of amides is 2. The first-order valence-corrected chi connectivity index (χ1v) is 8.16. The second-order valence-corrected chi connectivity index (χ2v) is 6.26. The maximum Gasteiger partial charge on any atom is 0.315 e. The number of carbonyl (C=O) groups excluding carboxylic acids is 1. The van der Waals surface area contributed by atoms with Gasteiger partial charge in [0.1, 0.15) is 11.9 Å². The van der Waals surface area contributed by atoms with E-state index in [4.69, 9.17) is 4.42 Å². The first kappa shape index (κ1) is 18.0. The fraction of sp³-hybridized carbons (Fsp3) is 0.444. The van der Waals surface area contributed by atoms with Crippen LogP contribution in [0.3, 0.4) is 0 Å². The lowest BCUT2D eigenvalue weighted by molar-refractivity contribution is 0.129. The Balaban J connectivity index is 1.88. The summed E-state index contributed by atoms with van der Waals surface area (Å²) in [7, 11) is 0. The molecule has 0 saturated heterocycles. The molecule has 0 aliphatic rings. The summed E-state index contributed by atoms with van der Waals surface area (Å²) in [6.07, 6.45) is 2.86. The number of hydrogen-bond acceptors (Lipinski definition) is 4. The van der Waals surface area contributed by atoms with Gasteiger partial charge in [-0.25, -0.2) is 4.79 Å². The molecule has 2 rings (SSSR count). The molecule has 0 bridgehead atoms. The smallest absolute Gasteiger partial charge is 0.315 e.